The molecule has 1 heterocycles. The number of unbranched alkanes of at least 4 members (excludes halogenated alkanes) is 3. The van der Waals surface area contributed by atoms with Crippen LogP contribution in [-0.4, -0.2) is 30.0 Å². The molecule has 7 nitrogen and oxygen atoms in total. The van der Waals surface area contributed by atoms with Crippen LogP contribution in [0, 0.1) is 5.82 Å². The van der Waals surface area contributed by atoms with Gasteiger partial charge in [0.15, 0.2) is 0 Å². The van der Waals surface area contributed by atoms with Crippen LogP contribution in [0.5, 0.6) is 5.75 Å². The van der Waals surface area contributed by atoms with Crippen molar-refractivity contribution in [2.24, 2.45) is 0 Å². The van der Waals surface area contributed by atoms with E-state index in [1.54, 1.807) is 17.6 Å². The molecule has 0 aromatic heterocycles. The lowest BCUT2D eigenvalue weighted by atomic mass is 10.1. The van der Waals surface area contributed by atoms with E-state index in [0.29, 0.717) is 29.4 Å². The lowest BCUT2D eigenvalue weighted by molar-refractivity contribution is -0.259. The van der Waals surface area contributed by atoms with Gasteiger partial charge in [0.25, 0.3) is 0 Å². The van der Waals surface area contributed by atoms with Crippen LogP contribution in [0.2, 0.25) is 0 Å². The molecular weight excluding hydrogens is 351 g/mol. The Morgan fingerprint density at radius 1 is 1.40 bits per heavy atom. The number of ether oxygens (including phenoxy) is 1. The number of carbonyl (C=O) groups is 1. The number of hydrogen-bond acceptors (Lipinski definition) is 7. The number of methoxy groups -OCH3 is 1. The molecule has 1 aliphatic heterocycles. The number of nitrogens with zero attached hydrogens (tertiary/aromatic N) is 1. The van der Waals surface area contributed by atoms with Crippen molar-refractivity contribution in [1.29, 1.82) is 0 Å². The van der Waals surface area contributed by atoms with E-state index in [2.05, 4.69) is 0 Å². The third kappa shape index (κ3) is 6.54. The van der Waals surface area contributed by atoms with E-state index in [0.717, 1.165) is 37.7 Å². The van der Waals surface area contributed by atoms with Crippen molar-refractivity contribution >= 4 is 24.0 Å². The summed E-state index contributed by atoms with van der Waals surface area (Å²) in [6, 6.07) is 4.27. The van der Waals surface area contributed by atoms with Crippen molar-refractivity contribution in [3.63, 3.8) is 0 Å². The fourth-order valence-corrected chi connectivity index (χ4v) is 2.76. The fraction of sp³-hybridized carbons (Fsp3) is 0.438. The standard InChI is InChI=1S/C16H21FN2O5S/c1-22-14-11-13(17)8-7-12(14)10-16-23-19(24-25-16)9-5-3-2-4-6-15(20)18-21/h7-8,10-11,21H,2-6,9H2,1H3,(H,18,20). The van der Waals surface area contributed by atoms with E-state index in [1.807, 2.05) is 0 Å². The highest BCUT2D eigenvalue weighted by Gasteiger charge is 2.21. The van der Waals surface area contributed by atoms with E-state index in [1.165, 1.54) is 24.5 Å². The average Bonchev–Trinajstić information content (AvgIpc) is 3.06. The van der Waals surface area contributed by atoms with Gasteiger partial charge in [-0.25, -0.2) is 9.87 Å². The molecule has 2 rings (SSSR count). The Hall–Kier alpha value is -1.81. The summed E-state index contributed by atoms with van der Waals surface area (Å²) in [4.78, 5) is 16.4. The van der Waals surface area contributed by atoms with Gasteiger partial charge in [0.1, 0.15) is 11.6 Å². The maximum atomic E-state index is 13.2. The Morgan fingerprint density at radius 2 is 2.20 bits per heavy atom. The Bertz CT molecular complexity index is 614. The third-order valence-electron chi connectivity index (χ3n) is 3.48. The van der Waals surface area contributed by atoms with Gasteiger partial charge < -0.3 is 9.57 Å². The van der Waals surface area contributed by atoms with Gasteiger partial charge in [0.05, 0.1) is 25.7 Å². The molecule has 138 valence electrons. The first kappa shape index (κ1) is 19.5. The molecule has 0 atom stereocenters. The highest BCUT2D eigenvalue weighted by Crippen LogP contribution is 2.33. The molecule has 1 aliphatic rings. The lowest BCUT2D eigenvalue weighted by Gasteiger charge is -2.10. The smallest absolute Gasteiger partial charge is 0.243 e. The fourth-order valence-electron chi connectivity index (χ4n) is 2.21. The van der Waals surface area contributed by atoms with Gasteiger partial charge in [-0.3, -0.25) is 10.0 Å². The van der Waals surface area contributed by atoms with Crippen LogP contribution in [-0.2, 0) is 13.9 Å². The van der Waals surface area contributed by atoms with Gasteiger partial charge in [-0.15, -0.1) is 0 Å². The van der Waals surface area contributed by atoms with Gasteiger partial charge in [-0.1, -0.05) is 12.8 Å². The van der Waals surface area contributed by atoms with Crippen LogP contribution in [0.25, 0.3) is 6.08 Å². The quantitative estimate of drug-likeness (QED) is 0.298. The van der Waals surface area contributed by atoms with Crippen molar-refractivity contribution in [3.8, 4) is 5.75 Å². The van der Waals surface area contributed by atoms with E-state index in [9.17, 15) is 9.18 Å². The molecule has 2 N–H and O–H groups in total. The molecule has 9 heteroatoms. The second kappa shape index (κ2) is 10.2. The van der Waals surface area contributed by atoms with Gasteiger partial charge in [0.2, 0.25) is 11.0 Å². The molecule has 0 unspecified atom stereocenters. The summed E-state index contributed by atoms with van der Waals surface area (Å²) in [5.41, 5.74) is 2.30. The number of carbonyl (C=O) groups excluding carboxylic acids is 1. The number of rotatable bonds is 9. The normalized spacial score (nSPS) is 16.0. The molecule has 1 aromatic carbocycles. The zero-order chi connectivity index (χ0) is 18.1. The average molecular weight is 372 g/mol. The predicted molar refractivity (Wildman–Crippen MR) is 90.4 cm³/mol. The zero-order valence-corrected chi connectivity index (χ0v) is 14.7. The molecular formula is C16H21FN2O5S. The summed E-state index contributed by atoms with van der Waals surface area (Å²) in [5, 5.41) is 10.3. The van der Waals surface area contributed by atoms with Crippen molar-refractivity contribution < 1.29 is 28.3 Å². The van der Waals surface area contributed by atoms with Crippen LogP contribution in [0.15, 0.2) is 23.3 Å². The first-order valence-electron chi connectivity index (χ1n) is 7.90. The number of amides is 1. The first-order valence-corrected chi connectivity index (χ1v) is 8.65. The van der Waals surface area contributed by atoms with Crippen LogP contribution < -0.4 is 10.2 Å². The highest BCUT2D eigenvalue weighted by atomic mass is 32.2. The van der Waals surface area contributed by atoms with Gasteiger partial charge >= 0.3 is 0 Å². The molecule has 0 spiro atoms. The maximum absolute atomic E-state index is 13.2. The second-order valence-corrected chi connectivity index (χ2v) is 6.07. The van der Waals surface area contributed by atoms with Gasteiger partial charge in [-0.2, -0.15) is 4.28 Å². The molecule has 0 saturated carbocycles. The molecule has 0 bridgehead atoms. The first-order chi connectivity index (χ1) is 12.1. The molecule has 1 fully saturated rings. The second-order valence-electron chi connectivity index (χ2n) is 5.35. The largest absolute Gasteiger partial charge is 0.496 e. The number of nitrogens with one attached hydrogen (secondary N) is 1. The van der Waals surface area contributed by atoms with Crippen molar-refractivity contribution in [1.82, 2.24) is 10.7 Å². The molecule has 0 radical (unpaired) electrons. The van der Waals surface area contributed by atoms with Crippen LogP contribution >= 0.6 is 12.0 Å². The minimum atomic E-state index is -0.367. The number of hydrogen-bond donors (Lipinski definition) is 2. The van der Waals surface area contributed by atoms with Crippen molar-refractivity contribution in [2.75, 3.05) is 13.7 Å². The maximum Gasteiger partial charge on any atom is 0.243 e. The number of benzene rings is 1. The molecule has 1 saturated heterocycles. The third-order valence-corrected chi connectivity index (χ3v) is 4.08. The lowest BCUT2D eigenvalue weighted by Crippen LogP contribution is -2.18. The van der Waals surface area contributed by atoms with Crippen LogP contribution in [0.1, 0.15) is 37.7 Å². The molecule has 0 aliphatic carbocycles. The monoisotopic (exact) mass is 372 g/mol. The summed E-state index contributed by atoms with van der Waals surface area (Å²) in [7, 11) is 1.48. The highest BCUT2D eigenvalue weighted by molar-refractivity contribution is 7.98. The SMILES string of the molecule is COc1cc(F)ccc1C=C1ON(CCCCCCC(=O)NO)OS1. The topological polar surface area (TPSA) is 80.3 Å². The van der Waals surface area contributed by atoms with Gasteiger partial charge in [-0.05, 0) is 30.2 Å². The summed E-state index contributed by atoms with van der Waals surface area (Å²) in [5.74, 6) is -0.316. The van der Waals surface area contributed by atoms with Gasteiger partial charge in [0, 0.05) is 24.1 Å². The number of halogens is 1. The summed E-state index contributed by atoms with van der Waals surface area (Å²) in [6.07, 6.45) is 5.39. The zero-order valence-electron chi connectivity index (χ0n) is 13.9. The Kier molecular flexibility index (Phi) is 7.99. The Morgan fingerprint density at radius 3 is 2.96 bits per heavy atom. The molecule has 1 amide bonds. The summed E-state index contributed by atoms with van der Waals surface area (Å²) in [6.45, 7) is 0.580. The van der Waals surface area contributed by atoms with Crippen LogP contribution in [0.3, 0.4) is 0 Å². The van der Waals surface area contributed by atoms with E-state index < -0.39 is 0 Å². The van der Waals surface area contributed by atoms with E-state index in [-0.39, 0.29) is 11.7 Å². The molecule has 1 aromatic rings. The Labute approximate surface area is 149 Å². The van der Waals surface area contributed by atoms with E-state index in [4.69, 9.17) is 19.1 Å². The predicted octanol–water partition coefficient (Wildman–Crippen LogP) is 3.42. The number of hydroxylamine groups is 3. The summed E-state index contributed by atoms with van der Waals surface area (Å²) >= 11 is 1.08. The molecule has 25 heavy (non-hydrogen) atoms. The van der Waals surface area contributed by atoms with Crippen LogP contribution in [0.4, 0.5) is 4.39 Å². The Balaban J connectivity index is 1.72. The minimum Gasteiger partial charge on any atom is -0.496 e. The van der Waals surface area contributed by atoms with E-state index >= 15 is 0 Å². The minimum absolute atomic E-state index is 0.315. The van der Waals surface area contributed by atoms with Crippen molar-refractivity contribution in [3.05, 3.63) is 34.7 Å². The van der Waals surface area contributed by atoms with Crippen molar-refractivity contribution in [2.45, 2.75) is 32.1 Å². The summed E-state index contributed by atoms with van der Waals surface area (Å²) < 4.78 is 23.7.